The highest BCUT2D eigenvalue weighted by Gasteiger charge is 2.29. The lowest BCUT2D eigenvalue weighted by Gasteiger charge is -2.35. The van der Waals surface area contributed by atoms with Gasteiger partial charge < -0.3 is 10.2 Å². The molecule has 0 aromatic heterocycles. The molecule has 0 bridgehead atoms. The van der Waals surface area contributed by atoms with E-state index in [-0.39, 0.29) is 36.8 Å². The second-order valence-electron chi connectivity index (χ2n) is 4.73. The Kier molecular flexibility index (Phi) is 10.2. The molecule has 0 aromatic rings. The summed E-state index contributed by atoms with van der Waals surface area (Å²) in [6.45, 7) is 7.73. The molecule has 6 heteroatoms. The highest BCUT2D eigenvalue weighted by Crippen LogP contribution is 2.11. The van der Waals surface area contributed by atoms with Gasteiger partial charge in [-0.05, 0) is 20.0 Å². The summed E-state index contributed by atoms with van der Waals surface area (Å²) in [7, 11) is 3.95. The van der Waals surface area contributed by atoms with Gasteiger partial charge >= 0.3 is 0 Å². The van der Waals surface area contributed by atoms with E-state index < -0.39 is 0 Å². The van der Waals surface area contributed by atoms with E-state index in [0.717, 1.165) is 26.2 Å². The quantitative estimate of drug-likeness (QED) is 0.835. The van der Waals surface area contributed by atoms with Gasteiger partial charge in [-0.2, -0.15) is 0 Å². The summed E-state index contributed by atoms with van der Waals surface area (Å²) in [6, 6.07) is 0.0168. The van der Waals surface area contributed by atoms with Crippen molar-refractivity contribution in [2.24, 2.45) is 5.92 Å². The molecular weight excluding hydrogens is 261 g/mol. The van der Waals surface area contributed by atoms with Crippen molar-refractivity contribution in [3.05, 3.63) is 0 Å². The molecule has 1 N–H and O–H groups in total. The molecule has 1 rings (SSSR count). The topological polar surface area (TPSA) is 35.6 Å². The Morgan fingerprint density at radius 2 is 1.65 bits per heavy atom. The molecule has 0 aliphatic carbocycles. The second kappa shape index (κ2) is 8.97. The molecular formula is C11H25Cl2N3O. The maximum absolute atomic E-state index is 12.2. The number of rotatable bonds is 3. The first-order chi connectivity index (χ1) is 7.04. The van der Waals surface area contributed by atoms with Crippen molar-refractivity contribution in [1.29, 1.82) is 0 Å². The third-order valence-electron chi connectivity index (χ3n) is 2.87. The molecule has 17 heavy (non-hydrogen) atoms. The zero-order valence-corrected chi connectivity index (χ0v) is 12.7. The first-order valence-electron chi connectivity index (χ1n) is 5.70. The van der Waals surface area contributed by atoms with Crippen LogP contribution in [-0.4, -0.2) is 62.0 Å². The Bertz CT molecular complexity index is 211. The van der Waals surface area contributed by atoms with Gasteiger partial charge in [0.05, 0.1) is 6.04 Å². The lowest BCUT2D eigenvalue weighted by molar-refractivity contribution is -0.138. The van der Waals surface area contributed by atoms with Gasteiger partial charge in [0.15, 0.2) is 0 Å². The number of halogens is 2. The first-order valence-corrected chi connectivity index (χ1v) is 5.70. The Morgan fingerprint density at radius 3 is 2.00 bits per heavy atom. The normalized spacial score (nSPS) is 17.4. The van der Waals surface area contributed by atoms with Crippen LogP contribution in [0, 0.1) is 5.92 Å². The summed E-state index contributed by atoms with van der Waals surface area (Å²) in [5.41, 5.74) is 0. The summed E-state index contributed by atoms with van der Waals surface area (Å²) < 4.78 is 0. The predicted molar refractivity (Wildman–Crippen MR) is 76.3 cm³/mol. The minimum Gasteiger partial charge on any atom is -0.339 e. The minimum absolute atomic E-state index is 0. The standard InChI is InChI=1S/C11H23N3O.2ClH/c1-9(2)10(13(3)4)11(15)14-7-5-12-6-8-14;;/h9-10,12H,5-8H2,1-4H3;2*1H. The SMILES string of the molecule is CC(C)C(C(=O)N1CCNCC1)N(C)C.Cl.Cl. The van der Waals surface area contributed by atoms with Crippen molar-refractivity contribution < 1.29 is 4.79 Å². The van der Waals surface area contributed by atoms with Crippen molar-refractivity contribution in [3.63, 3.8) is 0 Å². The third-order valence-corrected chi connectivity index (χ3v) is 2.87. The Morgan fingerprint density at radius 1 is 1.18 bits per heavy atom. The number of nitrogens with one attached hydrogen (secondary N) is 1. The van der Waals surface area contributed by atoms with E-state index in [1.165, 1.54) is 0 Å². The predicted octanol–water partition coefficient (Wildman–Crippen LogP) is 0.848. The first kappa shape index (κ1) is 19.3. The minimum atomic E-state index is 0. The highest BCUT2D eigenvalue weighted by atomic mass is 35.5. The van der Waals surface area contributed by atoms with E-state index in [9.17, 15) is 4.79 Å². The summed E-state index contributed by atoms with van der Waals surface area (Å²) in [5.74, 6) is 0.638. The van der Waals surface area contributed by atoms with Crippen LogP contribution in [0.15, 0.2) is 0 Å². The van der Waals surface area contributed by atoms with Gasteiger partial charge in [-0.1, -0.05) is 13.8 Å². The van der Waals surface area contributed by atoms with Crippen molar-refractivity contribution in [1.82, 2.24) is 15.1 Å². The molecule has 0 spiro atoms. The fourth-order valence-electron chi connectivity index (χ4n) is 2.17. The van der Waals surface area contributed by atoms with Crippen LogP contribution in [0.4, 0.5) is 0 Å². The Balaban J connectivity index is 0. The molecule has 0 aromatic carbocycles. The zero-order chi connectivity index (χ0) is 11.4. The average Bonchev–Trinajstić information content (AvgIpc) is 2.18. The van der Waals surface area contributed by atoms with Crippen LogP contribution < -0.4 is 5.32 Å². The van der Waals surface area contributed by atoms with Crippen molar-refractivity contribution in [2.75, 3.05) is 40.3 Å². The Labute approximate surface area is 117 Å². The van der Waals surface area contributed by atoms with Crippen LogP contribution in [0.3, 0.4) is 0 Å². The maximum atomic E-state index is 12.2. The van der Waals surface area contributed by atoms with E-state index in [4.69, 9.17) is 0 Å². The van der Waals surface area contributed by atoms with E-state index >= 15 is 0 Å². The van der Waals surface area contributed by atoms with Crippen LogP contribution in [0.5, 0.6) is 0 Å². The van der Waals surface area contributed by atoms with Crippen LogP contribution in [-0.2, 0) is 4.79 Å². The molecule has 1 fully saturated rings. The average molecular weight is 286 g/mol. The second-order valence-corrected chi connectivity index (χ2v) is 4.73. The lowest BCUT2D eigenvalue weighted by Crippen LogP contribution is -2.54. The fraction of sp³-hybridized carbons (Fsp3) is 0.909. The molecule has 1 unspecified atom stereocenters. The summed E-state index contributed by atoms with van der Waals surface area (Å²) in [5, 5.41) is 3.26. The molecule has 104 valence electrons. The summed E-state index contributed by atoms with van der Waals surface area (Å²) in [4.78, 5) is 16.2. The monoisotopic (exact) mass is 285 g/mol. The Hall–Kier alpha value is -0.0300. The molecule has 1 aliphatic rings. The van der Waals surface area contributed by atoms with Crippen LogP contribution in [0.25, 0.3) is 0 Å². The van der Waals surface area contributed by atoms with Crippen molar-refractivity contribution in [3.8, 4) is 0 Å². The molecule has 1 atom stereocenters. The van der Waals surface area contributed by atoms with Gasteiger partial charge in [-0.15, -0.1) is 24.8 Å². The van der Waals surface area contributed by atoms with E-state index in [2.05, 4.69) is 19.2 Å². The van der Waals surface area contributed by atoms with Crippen LogP contribution in [0.2, 0.25) is 0 Å². The number of carbonyl (C=O) groups is 1. The van der Waals surface area contributed by atoms with Gasteiger partial charge in [0.25, 0.3) is 0 Å². The lowest BCUT2D eigenvalue weighted by atomic mass is 10.0. The maximum Gasteiger partial charge on any atom is 0.240 e. The van der Waals surface area contributed by atoms with E-state index in [1.807, 2.05) is 23.9 Å². The number of carbonyl (C=O) groups excluding carboxylic acids is 1. The molecule has 4 nitrogen and oxygen atoms in total. The highest BCUT2D eigenvalue weighted by molar-refractivity contribution is 5.85. The number of hydrogen-bond acceptors (Lipinski definition) is 3. The number of piperazine rings is 1. The van der Waals surface area contributed by atoms with Gasteiger partial charge in [0, 0.05) is 26.2 Å². The van der Waals surface area contributed by atoms with E-state index in [0.29, 0.717) is 5.92 Å². The largest absolute Gasteiger partial charge is 0.339 e. The molecule has 1 amide bonds. The van der Waals surface area contributed by atoms with E-state index in [1.54, 1.807) is 0 Å². The van der Waals surface area contributed by atoms with Crippen molar-refractivity contribution >= 4 is 30.7 Å². The van der Waals surface area contributed by atoms with Crippen molar-refractivity contribution in [2.45, 2.75) is 19.9 Å². The molecule has 1 saturated heterocycles. The number of nitrogens with zero attached hydrogens (tertiary/aromatic N) is 2. The number of likely N-dealkylation sites (N-methyl/N-ethyl adjacent to an activating group) is 1. The van der Waals surface area contributed by atoms with Crippen LogP contribution in [0.1, 0.15) is 13.8 Å². The van der Waals surface area contributed by atoms with Gasteiger partial charge in [0.2, 0.25) is 5.91 Å². The van der Waals surface area contributed by atoms with Gasteiger partial charge in [0.1, 0.15) is 0 Å². The summed E-state index contributed by atoms with van der Waals surface area (Å²) >= 11 is 0. The van der Waals surface area contributed by atoms with Crippen LogP contribution >= 0.6 is 24.8 Å². The number of amides is 1. The molecule has 1 heterocycles. The van der Waals surface area contributed by atoms with Gasteiger partial charge in [-0.25, -0.2) is 0 Å². The third kappa shape index (κ3) is 5.42. The fourth-order valence-corrected chi connectivity index (χ4v) is 2.17. The summed E-state index contributed by atoms with van der Waals surface area (Å²) in [6.07, 6.45) is 0. The molecule has 0 saturated carbocycles. The van der Waals surface area contributed by atoms with Gasteiger partial charge in [-0.3, -0.25) is 9.69 Å². The molecule has 0 radical (unpaired) electrons. The number of hydrogen-bond donors (Lipinski definition) is 1. The molecule has 1 aliphatic heterocycles. The smallest absolute Gasteiger partial charge is 0.240 e. The zero-order valence-electron chi connectivity index (χ0n) is 11.1.